The predicted octanol–water partition coefficient (Wildman–Crippen LogP) is 3.60. The van der Waals surface area contributed by atoms with E-state index in [1.165, 1.54) is 31.0 Å². The minimum atomic E-state index is -0.189. The van der Waals surface area contributed by atoms with Gasteiger partial charge in [-0.15, -0.1) is 10.2 Å². The van der Waals surface area contributed by atoms with Gasteiger partial charge in [-0.3, -0.25) is 9.59 Å². The van der Waals surface area contributed by atoms with Crippen LogP contribution >= 0.6 is 11.8 Å². The molecule has 2 N–H and O–H groups in total. The van der Waals surface area contributed by atoms with Crippen LogP contribution in [0, 0.1) is 0 Å². The third kappa shape index (κ3) is 5.56. The highest BCUT2D eigenvalue weighted by Crippen LogP contribution is 2.32. The third-order valence-electron chi connectivity index (χ3n) is 4.45. The molecule has 0 bridgehead atoms. The second kappa shape index (κ2) is 9.55. The Labute approximate surface area is 162 Å². The van der Waals surface area contributed by atoms with Crippen molar-refractivity contribution in [2.45, 2.75) is 50.2 Å². The summed E-state index contributed by atoms with van der Waals surface area (Å²) in [6.07, 6.45) is 5.86. The number of anilines is 1. The summed E-state index contributed by atoms with van der Waals surface area (Å²) in [5.41, 5.74) is 1.09. The van der Waals surface area contributed by atoms with Gasteiger partial charge in [-0.1, -0.05) is 37.1 Å². The molecule has 1 aromatic carbocycles. The number of hydrogen-bond acceptors (Lipinski definition) is 6. The highest BCUT2D eigenvalue weighted by atomic mass is 32.2. The largest absolute Gasteiger partial charge is 0.416 e. The summed E-state index contributed by atoms with van der Waals surface area (Å²) in [4.78, 5) is 24.0. The van der Waals surface area contributed by atoms with Crippen molar-refractivity contribution in [1.82, 2.24) is 15.5 Å². The van der Waals surface area contributed by atoms with E-state index in [4.69, 9.17) is 4.42 Å². The molecule has 1 aliphatic carbocycles. The molecule has 8 heteroatoms. The summed E-state index contributed by atoms with van der Waals surface area (Å²) in [6, 6.07) is 6.85. The minimum Gasteiger partial charge on any atom is -0.416 e. The number of benzene rings is 1. The molecule has 7 nitrogen and oxygen atoms in total. The Hall–Kier alpha value is -2.35. The predicted molar refractivity (Wildman–Crippen MR) is 104 cm³/mol. The Morgan fingerprint density at radius 2 is 2.04 bits per heavy atom. The minimum absolute atomic E-state index is 0.163. The van der Waals surface area contributed by atoms with Crippen molar-refractivity contribution in [3.8, 4) is 0 Å². The lowest BCUT2D eigenvalue weighted by Gasteiger charge is -2.17. The summed E-state index contributed by atoms with van der Waals surface area (Å²) < 4.78 is 5.71. The van der Waals surface area contributed by atoms with Gasteiger partial charge in [0.1, 0.15) is 0 Å². The fraction of sp³-hybridized carbons (Fsp3) is 0.474. The van der Waals surface area contributed by atoms with Crippen molar-refractivity contribution in [3.05, 3.63) is 35.7 Å². The van der Waals surface area contributed by atoms with Crippen molar-refractivity contribution in [3.63, 3.8) is 0 Å². The van der Waals surface area contributed by atoms with Crippen molar-refractivity contribution >= 4 is 29.3 Å². The Bertz CT molecular complexity index is 787. The molecular weight excluding hydrogens is 364 g/mol. The highest BCUT2D eigenvalue weighted by Gasteiger charge is 2.21. The van der Waals surface area contributed by atoms with E-state index in [0.29, 0.717) is 34.8 Å². The molecule has 144 valence electrons. The Morgan fingerprint density at radius 1 is 1.22 bits per heavy atom. The maximum atomic E-state index is 12.2. The molecule has 2 amide bonds. The first-order chi connectivity index (χ1) is 13.2. The van der Waals surface area contributed by atoms with Crippen LogP contribution in [0.2, 0.25) is 0 Å². The van der Waals surface area contributed by atoms with Gasteiger partial charge in [0.15, 0.2) is 0 Å². The third-order valence-corrected chi connectivity index (χ3v) is 5.27. The maximum absolute atomic E-state index is 12.2. The average Bonchev–Trinajstić information content (AvgIpc) is 3.17. The molecule has 1 aliphatic rings. The molecule has 1 aromatic heterocycles. The van der Waals surface area contributed by atoms with Crippen LogP contribution in [0.3, 0.4) is 0 Å². The van der Waals surface area contributed by atoms with E-state index in [9.17, 15) is 9.59 Å². The van der Waals surface area contributed by atoms with Crippen molar-refractivity contribution in [2.24, 2.45) is 0 Å². The van der Waals surface area contributed by atoms with Gasteiger partial charge in [0.05, 0.1) is 5.75 Å². The first kappa shape index (κ1) is 19.4. The maximum Gasteiger partial charge on any atom is 0.277 e. The standard InChI is InChI=1S/C19H24N4O3S/c1-2-20-17(25)14-9-6-10-15(11-14)21-16(24)12-27-19-23-22-18(26-19)13-7-4-3-5-8-13/h6,9-11,13H,2-5,7-8,12H2,1H3,(H,20,25)(H,21,24). The van der Waals surface area contributed by atoms with Crippen molar-refractivity contribution in [1.29, 1.82) is 0 Å². The van der Waals surface area contributed by atoms with Gasteiger partial charge < -0.3 is 15.1 Å². The number of aromatic nitrogens is 2. The SMILES string of the molecule is CCNC(=O)c1cccc(NC(=O)CSc2nnc(C3CCCCC3)o2)c1. The van der Waals surface area contributed by atoms with Crippen LogP contribution in [0.15, 0.2) is 33.9 Å². The first-order valence-corrected chi connectivity index (χ1v) is 10.3. The van der Waals surface area contributed by atoms with E-state index in [0.717, 1.165) is 12.8 Å². The molecular formula is C19H24N4O3S. The van der Waals surface area contributed by atoms with Gasteiger partial charge in [0.2, 0.25) is 11.8 Å². The fourth-order valence-electron chi connectivity index (χ4n) is 3.12. The highest BCUT2D eigenvalue weighted by molar-refractivity contribution is 7.99. The zero-order chi connectivity index (χ0) is 19.1. The first-order valence-electron chi connectivity index (χ1n) is 9.30. The van der Waals surface area contributed by atoms with E-state index in [2.05, 4.69) is 20.8 Å². The number of nitrogens with one attached hydrogen (secondary N) is 2. The van der Waals surface area contributed by atoms with Crippen molar-refractivity contribution in [2.75, 3.05) is 17.6 Å². The van der Waals surface area contributed by atoms with Gasteiger partial charge >= 0.3 is 0 Å². The van der Waals surface area contributed by atoms with E-state index in [1.807, 2.05) is 6.92 Å². The van der Waals surface area contributed by atoms with Crippen LogP contribution < -0.4 is 10.6 Å². The topological polar surface area (TPSA) is 97.1 Å². The van der Waals surface area contributed by atoms with E-state index < -0.39 is 0 Å². The summed E-state index contributed by atoms with van der Waals surface area (Å²) in [5, 5.41) is 14.1. The second-order valence-electron chi connectivity index (χ2n) is 6.52. The lowest BCUT2D eigenvalue weighted by molar-refractivity contribution is -0.113. The number of amides is 2. The van der Waals surface area contributed by atoms with Crippen LogP contribution in [-0.2, 0) is 4.79 Å². The number of carbonyl (C=O) groups excluding carboxylic acids is 2. The molecule has 0 aliphatic heterocycles. The quantitative estimate of drug-likeness (QED) is 0.704. The van der Waals surface area contributed by atoms with Crippen LogP contribution in [0.4, 0.5) is 5.69 Å². The molecule has 0 atom stereocenters. The van der Waals surface area contributed by atoms with Crippen LogP contribution in [0.5, 0.6) is 0 Å². The van der Waals surface area contributed by atoms with Crippen LogP contribution in [0.1, 0.15) is 61.2 Å². The fourth-order valence-corrected chi connectivity index (χ4v) is 3.69. The van der Waals surface area contributed by atoms with Gasteiger partial charge in [0.25, 0.3) is 11.1 Å². The van der Waals surface area contributed by atoms with Crippen molar-refractivity contribution < 1.29 is 14.0 Å². The molecule has 1 saturated carbocycles. The summed E-state index contributed by atoms with van der Waals surface area (Å²) in [5.74, 6) is 0.853. The van der Waals surface area contributed by atoms with Gasteiger partial charge in [-0.05, 0) is 38.0 Å². The zero-order valence-corrected chi connectivity index (χ0v) is 16.2. The molecule has 1 fully saturated rings. The Balaban J connectivity index is 1.50. The molecule has 2 aromatic rings. The van der Waals surface area contributed by atoms with Crippen LogP contribution in [0.25, 0.3) is 0 Å². The van der Waals surface area contributed by atoms with E-state index in [-0.39, 0.29) is 17.6 Å². The second-order valence-corrected chi connectivity index (χ2v) is 7.44. The zero-order valence-electron chi connectivity index (χ0n) is 15.4. The number of rotatable bonds is 7. The number of carbonyl (C=O) groups is 2. The van der Waals surface area contributed by atoms with Gasteiger partial charge in [-0.25, -0.2) is 0 Å². The molecule has 0 saturated heterocycles. The Morgan fingerprint density at radius 3 is 2.81 bits per heavy atom. The summed E-state index contributed by atoms with van der Waals surface area (Å²) in [7, 11) is 0. The van der Waals surface area contributed by atoms with Gasteiger partial charge in [0, 0.05) is 23.7 Å². The monoisotopic (exact) mass is 388 g/mol. The lowest BCUT2D eigenvalue weighted by atomic mass is 9.89. The number of hydrogen-bond donors (Lipinski definition) is 2. The van der Waals surface area contributed by atoms with Gasteiger partial charge in [-0.2, -0.15) is 0 Å². The molecule has 0 radical (unpaired) electrons. The number of nitrogens with zero attached hydrogens (tertiary/aromatic N) is 2. The molecule has 0 spiro atoms. The Kier molecular flexibility index (Phi) is 6.86. The van der Waals surface area contributed by atoms with Crippen LogP contribution in [-0.4, -0.2) is 34.3 Å². The molecule has 27 heavy (non-hydrogen) atoms. The lowest BCUT2D eigenvalue weighted by Crippen LogP contribution is -2.23. The number of thioether (sulfide) groups is 1. The average molecular weight is 388 g/mol. The van der Waals surface area contributed by atoms with E-state index >= 15 is 0 Å². The molecule has 0 unspecified atom stereocenters. The smallest absolute Gasteiger partial charge is 0.277 e. The molecule has 1 heterocycles. The molecule has 3 rings (SSSR count). The normalized spacial score (nSPS) is 14.7. The van der Waals surface area contributed by atoms with E-state index in [1.54, 1.807) is 24.3 Å². The summed E-state index contributed by atoms with van der Waals surface area (Å²) >= 11 is 1.22. The summed E-state index contributed by atoms with van der Waals surface area (Å²) in [6.45, 7) is 2.41.